The summed E-state index contributed by atoms with van der Waals surface area (Å²) in [6, 6.07) is 0.272. The molecule has 0 saturated carbocycles. The van der Waals surface area contributed by atoms with Gasteiger partial charge in [-0.25, -0.2) is 0 Å². The molecule has 2 aliphatic rings. The molecule has 0 bridgehead atoms. The van der Waals surface area contributed by atoms with Gasteiger partial charge in [0.1, 0.15) is 0 Å². The number of likely N-dealkylation sites (tertiary alicyclic amines) is 2. The van der Waals surface area contributed by atoms with Crippen LogP contribution >= 0.6 is 24.8 Å². The molecule has 2 amide bonds. The summed E-state index contributed by atoms with van der Waals surface area (Å²) >= 11 is 0. The number of hydrogen-bond acceptors (Lipinski definition) is 4. The minimum Gasteiger partial charge on any atom is -0.342 e. The van der Waals surface area contributed by atoms with Gasteiger partial charge in [0.2, 0.25) is 11.8 Å². The number of H-pyrrole nitrogens is 1. The lowest BCUT2D eigenvalue weighted by molar-refractivity contribution is -0.144. The lowest BCUT2D eigenvalue weighted by Crippen LogP contribution is -2.57. The highest BCUT2D eigenvalue weighted by Crippen LogP contribution is 2.31. The first-order chi connectivity index (χ1) is 12.0. The minimum absolute atomic E-state index is 0. The number of aromatic amines is 1. The Morgan fingerprint density at radius 3 is 2.67 bits per heavy atom. The van der Waals surface area contributed by atoms with E-state index in [4.69, 9.17) is 5.73 Å². The Hall–Kier alpha value is -1.31. The number of nitrogens with one attached hydrogen (secondary N) is 1. The van der Waals surface area contributed by atoms with Crippen LogP contribution < -0.4 is 5.73 Å². The molecule has 9 heteroatoms. The number of piperidine rings is 2. The summed E-state index contributed by atoms with van der Waals surface area (Å²) in [6.45, 7) is 6.72. The molecule has 0 aliphatic carbocycles. The molecule has 154 valence electrons. The van der Waals surface area contributed by atoms with Crippen LogP contribution in [0.3, 0.4) is 0 Å². The molecule has 3 rings (SSSR count). The smallest absolute Gasteiger partial charge is 0.227 e. The van der Waals surface area contributed by atoms with Crippen LogP contribution in [0.25, 0.3) is 0 Å². The van der Waals surface area contributed by atoms with Crippen LogP contribution in [0.2, 0.25) is 0 Å². The molecule has 1 aromatic heterocycles. The fraction of sp³-hybridized carbons (Fsp3) is 0.722. The molecule has 3 N–H and O–H groups in total. The predicted octanol–water partition coefficient (Wildman–Crippen LogP) is 1.60. The first-order valence-corrected chi connectivity index (χ1v) is 9.29. The summed E-state index contributed by atoms with van der Waals surface area (Å²) in [5, 5.41) is 7.12. The second kappa shape index (κ2) is 10.3. The van der Waals surface area contributed by atoms with E-state index >= 15 is 0 Å². The van der Waals surface area contributed by atoms with Crippen LogP contribution in [0.1, 0.15) is 42.6 Å². The number of nitrogens with two attached hydrogens (primary N) is 1. The molecule has 0 spiro atoms. The molecule has 2 saturated heterocycles. The highest BCUT2D eigenvalue weighted by atomic mass is 35.5. The number of nitrogens with zero attached hydrogens (tertiary/aromatic N) is 3. The molecule has 27 heavy (non-hydrogen) atoms. The van der Waals surface area contributed by atoms with Gasteiger partial charge >= 0.3 is 0 Å². The number of carbonyl (C=O) groups is 2. The van der Waals surface area contributed by atoms with E-state index in [-0.39, 0.29) is 42.7 Å². The average molecular weight is 420 g/mol. The standard InChI is InChI=1S/C18H29N5O2.2ClH/c1-12-15(13(2)21-20-12)10-18(25)22-9-6-16-14(11-22)4-5-17(24)23(16)8-3-7-19;;/h14,16H,3-11,19H2,1-2H3,(H,20,21);2*1H/t14-,16+;;/m0../s1. The van der Waals surface area contributed by atoms with E-state index in [1.54, 1.807) is 0 Å². The van der Waals surface area contributed by atoms with E-state index in [0.717, 1.165) is 55.8 Å². The first kappa shape index (κ1) is 23.7. The third-order valence-electron chi connectivity index (χ3n) is 5.71. The number of hydrogen-bond donors (Lipinski definition) is 2. The maximum absolute atomic E-state index is 12.7. The van der Waals surface area contributed by atoms with Crippen molar-refractivity contribution >= 4 is 36.6 Å². The summed E-state index contributed by atoms with van der Waals surface area (Å²) in [6.07, 6.45) is 3.60. The van der Waals surface area contributed by atoms with Crippen LogP contribution in [-0.2, 0) is 16.0 Å². The zero-order valence-electron chi connectivity index (χ0n) is 16.1. The molecular formula is C18H31Cl2N5O2. The Bertz CT molecular complexity index is 632. The van der Waals surface area contributed by atoms with E-state index in [0.29, 0.717) is 25.3 Å². The molecule has 7 nitrogen and oxygen atoms in total. The van der Waals surface area contributed by atoms with Crippen molar-refractivity contribution < 1.29 is 9.59 Å². The quantitative estimate of drug-likeness (QED) is 0.757. The second-order valence-corrected chi connectivity index (χ2v) is 7.31. The Morgan fingerprint density at radius 2 is 2.04 bits per heavy atom. The van der Waals surface area contributed by atoms with Gasteiger partial charge in [-0.3, -0.25) is 14.7 Å². The van der Waals surface area contributed by atoms with E-state index < -0.39 is 0 Å². The zero-order chi connectivity index (χ0) is 18.0. The van der Waals surface area contributed by atoms with Gasteiger partial charge in [0.15, 0.2) is 0 Å². The van der Waals surface area contributed by atoms with Crippen LogP contribution in [0, 0.1) is 19.8 Å². The summed E-state index contributed by atoms with van der Waals surface area (Å²) in [5.41, 5.74) is 8.49. The molecule has 2 atom stereocenters. The molecule has 2 aliphatic heterocycles. The summed E-state index contributed by atoms with van der Waals surface area (Å²) < 4.78 is 0. The van der Waals surface area contributed by atoms with Gasteiger partial charge in [-0.1, -0.05) is 0 Å². The SMILES string of the molecule is Cc1n[nH]c(C)c1CC(=O)N1CC[C@@H]2[C@@H](CCC(=O)N2CCCN)C1.Cl.Cl. The van der Waals surface area contributed by atoms with Gasteiger partial charge in [-0.15, -0.1) is 24.8 Å². The number of rotatable bonds is 5. The number of aryl methyl sites for hydroxylation is 2. The van der Waals surface area contributed by atoms with Crippen molar-refractivity contribution in [2.24, 2.45) is 11.7 Å². The van der Waals surface area contributed by atoms with E-state index in [9.17, 15) is 9.59 Å². The predicted molar refractivity (Wildman–Crippen MR) is 109 cm³/mol. The second-order valence-electron chi connectivity index (χ2n) is 7.31. The Kier molecular flexibility index (Phi) is 9.05. The Morgan fingerprint density at radius 1 is 1.30 bits per heavy atom. The Labute approximate surface area is 173 Å². The first-order valence-electron chi connectivity index (χ1n) is 9.29. The van der Waals surface area contributed by atoms with E-state index in [2.05, 4.69) is 10.2 Å². The molecule has 1 aromatic rings. The number of carbonyl (C=O) groups excluding carboxylic acids is 2. The Balaban J connectivity index is 0.00000182. The van der Waals surface area contributed by atoms with Crippen molar-refractivity contribution in [2.75, 3.05) is 26.2 Å². The van der Waals surface area contributed by atoms with Gasteiger partial charge in [0, 0.05) is 43.4 Å². The van der Waals surface area contributed by atoms with Crippen molar-refractivity contribution in [1.29, 1.82) is 0 Å². The maximum atomic E-state index is 12.7. The van der Waals surface area contributed by atoms with Crippen molar-refractivity contribution in [3.05, 3.63) is 17.0 Å². The van der Waals surface area contributed by atoms with Crippen molar-refractivity contribution in [1.82, 2.24) is 20.0 Å². The van der Waals surface area contributed by atoms with Crippen molar-refractivity contribution in [2.45, 2.75) is 52.0 Å². The molecular weight excluding hydrogens is 389 g/mol. The zero-order valence-corrected chi connectivity index (χ0v) is 17.7. The van der Waals surface area contributed by atoms with Crippen LogP contribution in [-0.4, -0.2) is 64.0 Å². The number of halogens is 2. The minimum atomic E-state index is 0. The topological polar surface area (TPSA) is 95.3 Å². The number of fused-ring (bicyclic) bond motifs is 1. The largest absolute Gasteiger partial charge is 0.342 e. The van der Waals surface area contributed by atoms with Crippen molar-refractivity contribution in [3.63, 3.8) is 0 Å². The van der Waals surface area contributed by atoms with Crippen LogP contribution in [0.4, 0.5) is 0 Å². The third-order valence-corrected chi connectivity index (χ3v) is 5.71. The molecule has 2 fully saturated rings. The number of aromatic nitrogens is 2. The molecule has 0 unspecified atom stereocenters. The lowest BCUT2D eigenvalue weighted by atomic mass is 9.83. The van der Waals surface area contributed by atoms with Crippen LogP contribution in [0.5, 0.6) is 0 Å². The lowest BCUT2D eigenvalue weighted by Gasteiger charge is -2.47. The monoisotopic (exact) mass is 419 g/mol. The fourth-order valence-electron chi connectivity index (χ4n) is 4.23. The van der Waals surface area contributed by atoms with Gasteiger partial charge < -0.3 is 15.5 Å². The number of amides is 2. The third kappa shape index (κ3) is 5.15. The highest BCUT2D eigenvalue weighted by molar-refractivity contribution is 5.85. The maximum Gasteiger partial charge on any atom is 0.227 e. The van der Waals surface area contributed by atoms with Gasteiger partial charge in [0.05, 0.1) is 12.1 Å². The van der Waals surface area contributed by atoms with Gasteiger partial charge in [-0.05, 0) is 45.6 Å². The molecule has 0 aromatic carbocycles. The summed E-state index contributed by atoms with van der Waals surface area (Å²) in [5.74, 6) is 0.801. The van der Waals surface area contributed by atoms with Crippen molar-refractivity contribution in [3.8, 4) is 0 Å². The highest BCUT2D eigenvalue weighted by Gasteiger charge is 2.40. The normalized spacial score (nSPS) is 22.0. The average Bonchev–Trinajstić information content (AvgIpc) is 2.92. The van der Waals surface area contributed by atoms with E-state index in [1.165, 1.54) is 0 Å². The van der Waals surface area contributed by atoms with Crippen LogP contribution in [0.15, 0.2) is 0 Å². The molecule has 3 heterocycles. The van der Waals surface area contributed by atoms with Gasteiger partial charge in [0.25, 0.3) is 0 Å². The summed E-state index contributed by atoms with van der Waals surface area (Å²) in [4.78, 5) is 29.0. The molecule has 0 radical (unpaired) electrons. The van der Waals surface area contributed by atoms with Gasteiger partial charge in [-0.2, -0.15) is 5.10 Å². The summed E-state index contributed by atoms with van der Waals surface area (Å²) in [7, 11) is 0. The van der Waals surface area contributed by atoms with E-state index in [1.807, 2.05) is 23.6 Å². The fourth-order valence-corrected chi connectivity index (χ4v) is 4.23.